The molecule has 0 aliphatic carbocycles. The van der Waals surface area contributed by atoms with Crippen molar-refractivity contribution in [2.24, 2.45) is 5.92 Å². The van der Waals surface area contributed by atoms with Gasteiger partial charge < -0.3 is 4.90 Å². The van der Waals surface area contributed by atoms with Gasteiger partial charge >= 0.3 is 0 Å². The first kappa shape index (κ1) is 14.3. The summed E-state index contributed by atoms with van der Waals surface area (Å²) in [5.74, 6) is 2.61. The molecule has 1 saturated heterocycles. The summed E-state index contributed by atoms with van der Waals surface area (Å²) in [4.78, 5) is 16.3. The van der Waals surface area contributed by atoms with E-state index in [0.29, 0.717) is 5.92 Å². The van der Waals surface area contributed by atoms with Crippen molar-refractivity contribution in [3.63, 3.8) is 0 Å². The van der Waals surface area contributed by atoms with Crippen LogP contribution in [0, 0.1) is 5.92 Å². The maximum atomic E-state index is 4.85. The molecule has 4 rings (SSSR count). The van der Waals surface area contributed by atoms with Crippen LogP contribution in [0.5, 0.6) is 0 Å². The summed E-state index contributed by atoms with van der Waals surface area (Å²) in [6, 6.07) is 9.93. The summed E-state index contributed by atoms with van der Waals surface area (Å²) in [5.41, 5.74) is 1.84. The van der Waals surface area contributed by atoms with Gasteiger partial charge in [-0.05, 0) is 56.6 Å². The van der Waals surface area contributed by atoms with Gasteiger partial charge in [0.05, 0.1) is 0 Å². The summed E-state index contributed by atoms with van der Waals surface area (Å²) in [5, 5.41) is 0. The van der Waals surface area contributed by atoms with Crippen LogP contribution in [0.15, 0.2) is 42.7 Å². The smallest absolute Gasteiger partial charge is 0.165 e. The highest BCUT2D eigenvalue weighted by Crippen LogP contribution is 2.24. The predicted molar refractivity (Wildman–Crippen MR) is 90.6 cm³/mol. The van der Waals surface area contributed by atoms with Gasteiger partial charge in [0.2, 0.25) is 0 Å². The molecule has 0 saturated carbocycles. The topological polar surface area (TPSA) is 46.8 Å². The fourth-order valence-electron chi connectivity index (χ4n) is 3.52. The first-order valence-corrected chi connectivity index (χ1v) is 8.23. The third-order valence-electron chi connectivity index (χ3n) is 4.56. The van der Waals surface area contributed by atoms with Crippen LogP contribution in [-0.4, -0.2) is 44.6 Å². The number of fused-ring (bicyclic) bond motifs is 1. The highest BCUT2D eigenvalue weighted by atomic mass is 15.2. The van der Waals surface area contributed by atoms with E-state index in [0.717, 1.165) is 35.8 Å². The molecule has 1 unspecified atom stereocenters. The summed E-state index contributed by atoms with van der Waals surface area (Å²) in [6.07, 6.45) is 7.15. The predicted octanol–water partition coefficient (Wildman–Crippen LogP) is 2.70. The van der Waals surface area contributed by atoms with Gasteiger partial charge in [-0.2, -0.15) is 0 Å². The first-order valence-electron chi connectivity index (χ1n) is 8.23. The van der Waals surface area contributed by atoms with Gasteiger partial charge in [0.1, 0.15) is 17.2 Å². The van der Waals surface area contributed by atoms with Gasteiger partial charge in [-0.3, -0.25) is 4.57 Å². The molecule has 1 fully saturated rings. The number of hydrogen-bond acceptors (Lipinski definition) is 4. The molecule has 5 heteroatoms. The molecule has 5 nitrogen and oxygen atoms in total. The van der Waals surface area contributed by atoms with Crippen molar-refractivity contribution in [2.75, 3.05) is 20.1 Å². The Morgan fingerprint density at radius 3 is 2.87 bits per heavy atom. The van der Waals surface area contributed by atoms with E-state index in [4.69, 9.17) is 4.98 Å². The Morgan fingerprint density at radius 1 is 1.13 bits per heavy atom. The first-order chi connectivity index (χ1) is 11.3. The molecule has 3 aromatic rings. The lowest BCUT2D eigenvalue weighted by atomic mass is 9.95. The van der Waals surface area contributed by atoms with Crippen LogP contribution in [-0.2, 0) is 6.42 Å². The van der Waals surface area contributed by atoms with Crippen LogP contribution in [0.25, 0.3) is 17.0 Å². The van der Waals surface area contributed by atoms with Gasteiger partial charge in [0.25, 0.3) is 0 Å². The van der Waals surface area contributed by atoms with E-state index in [1.54, 1.807) is 0 Å². The summed E-state index contributed by atoms with van der Waals surface area (Å²) in [7, 11) is 2.20. The average Bonchev–Trinajstić information content (AvgIpc) is 2.93. The summed E-state index contributed by atoms with van der Waals surface area (Å²) >= 11 is 0. The molecular weight excluding hydrogens is 286 g/mol. The van der Waals surface area contributed by atoms with Crippen LogP contribution < -0.4 is 0 Å². The number of imidazole rings is 1. The van der Waals surface area contributed by atoms with Crippen LogP contribution in [0.3, 0.4) is 0 Å². The van der Waals surface area contributed by atoms with Gasteiger partial charge in [-0.25, -0.2) is 15.0 Å². The van der Waals surface area contributed by atoms with Gasteiger partial charge in [0.15, 0.2) is 5.65 Å². The normalized spacial score (nSPS) is 19.3. The Hall–Kier alpha value is -2.27. The SMILES string of the molecule is CN1CCCC(Cc2nc3cccnc3n2-c2ccccn2)C1. The molecule has 0 amide bonds. The van der Waals surface area contributed by atoms with Crippen molar-refractivity contribution < 1.29 is 0 Å². The Bertz CT molecular complexity index is 796. The monoisotopic (exact) mass is 307 g/mol. The quantitative estimate of drug-likeness (QED) is 0.746. The third kappa shape index (κ3) is 2.84. The Labute approximate surface area is 136 Å². The zero-order valence-corrected chi connectivity index (χ0v) is 13.4. The van der Waals surface area contributed by atoms with E-state index in [1.165, 1.54) is 19.4 Å². The van der Waals surface area contributed by atoms with Gasteiger partial charge in [-0.15, -0.1) is 0 Å². The number of likely N-dealkylation sites (tertiary alicyclic amines) is 1. The van der Waals surface area contributed by atoms with Gasteiger partial charge in [-0.1, -0.05) is 6.07 Å². The molecule has 118 valence electrons. The second kappa shape index (κ2) is 6.08. The lowest BCUT2D eigenvalue weighted by Crippen LogP contribution is -2.33. The minimum absolute atomic E-state index is 0.646. The second-order valence-corrected chi connectivity index (χ2v) is 6.37. The maximum absolute atomic E-state index is 4.85. The number of hydrogen-bond donors (Lipinski definition) is 0. The molecule has 0 spiro atoms. The molecule has 4 heterocycles. The Kier molecular flexibility index (Phi) is 3.79. The number of pyridine rings is 2. The number of rotatable bonds is 3. The van der Waals surface area contributed by atoms with Crippen LogP contribution in [0.2, 0.25) is 0 Å². The molecule has 23 heavy (non-hydrogen) atoms. The minimum atomic E-state index is 0.646. The fraction of sp³-hybridized carbons (Fsp3) is 0.389. The Balaban J connectivity index is 1.76. The Morgan fingerprint density at radius 2 is 2.04 bits per heavy atom. The molecule has 0 radical (unpaired) electrons. The third-order valence-corrected chi connectivity index (χ3v) is 4.56. The van der Waals surface area contributed by atoms with E-state index in [9.17, 15) is 0 Å². The minimum Gasteiger partial charge on any atom is -0.306 e. The van der Waals surface area contributed by atoms with Crippen LogP contribution >= 0.6 is 0 Å². The van der Waals surface area contributed by atoms with Crippen LogP contribution in [0.4, 0.5) is 0 Å². The van der Waals surface area contributed by atoms with Crippen molar-refractivity contribution in [1.29, 1.82) is 0 Å². The maximum Gasteiger partial charge on any atom is 0.165 e. The van der Waals surface area contributed by atoms with Crippen molar-refractivity contribution in [3.8, 4) is 5.82 Å². The number of nitrogens with zero attached hydrogens (tertiary/aromatic N) is 5. The molecule has 0 bridgehead atoms. The van der Waals surface area contributed by atoms with Gasteiger partial charge in [0, 0.05) is 25.4 Å². The fourth-order valence-corrected chi connectivity index (χ4v) is 3.52. The van der Waals surface area contributed by atoms with Crippen molar-refractivity contribution >= 4 is 11.2 Å². The number of piperidine rings is 1. The van der Waals surface area contributed by atoms with Crippen molar-refractivity contribution in [3.05, 3.63) is 48.5 Å². The van der Waals surface area contributed by atoms with Crippen molar-refractivity contribution in [1.82, 2.24) is 24.4 Å². The largest absolute Gasteiger partial charge is 0.306 e. The molecular formula is C18H21N5. The van der Waals surface area contributed by atoms with E-state index in [1.807, 2.05) is 42.7 Å². The lowest BCUT2D eigenvalue weighted by Gasteiger charge is -2.29. The van der Waals surface area contributed by atoms with E-state index >= 15 is 0 Å². The lowest BCUT2D eigenvalue weighted by molar-refractivity contribution is 0.207. The van der Waals surface area contributed by atoms with E-state index in [2.05, 4.69) is 26.5 Å². The average molecular weight is 307 g/mol. The number of aromatic nitrogens is 4. The molecule has 1 atom stereocenters. The standard InChI is InChI=1S/C18H21N5/c1-22-11-5-6-14(13-22)12-17-21-15-7-4-10-20-18(15)23(17)16-8-2-3-9-19-16/h2-4,7-10,14H,5-6,11-13H2,1H3. The molecule has 3 aromatic heterocycles. The molecule has 1 aliphatic heterocycles. The molecule has 0 aromatic carbocycles. The zero-order chi connectivity index (χ0) is 15.6. The molecule has 0 N–H and O–H groups in total. The summed E-state index contributed by atoms with van der Waals surface area (Å²) < 4.78 is 2.12. The molecule has 1 aliphatic rings. The van der Waals surface area contributed by atoms with E-state index in [-0.39, 0.29) is 0 Å². The highest BCUT2D eigenvalue weighted by Gasteiger charge is 2.22. The zero-order valence-electron chi connectivity index (χ0n) is 13.4. The van der Waals surface area contributed by atoms with Crippen molar-refractivity contribution in [2.45, 2.75) is 19.3 Å². The second-order valence-electron chi connectivity index (χ2n) is 6.37. The van der Waals surface area contributed by atoms with E-state index < -0.39 is 0 Å². The summed E-state index contributed by atoms with van der Waals surface area (Å²) in [6.45, 7) is 2.34. The van der Waals surface area contributed by atoms with Crippen LogP contribution in [0.1, 0.15) is 18.7 Å². The highest BCUT2D eigenvalue weighted by molar-refractivity contribution is 5.73.